The van der Waals surface area contributed by atoms with E-state index in [1.54, 1.807) is 4.57 Å². The number of thioether (sulfide) groups is 1. The lowest BCUT2D eigenvalue weighted by Gasteiger charge is -2.13. The van der Waals surface area contributed by atoms with E-state index in [1.807, 2.05) is 90.3 Å². The fourth-order valence-electron chi connectivity index (χ4n) is 5.50. The summed E-state index contributed by atoms with van der Waals surface area (Å²) in [6.07, 6.45) is 0. The third-order valence-electron chi connectivity index (χ3n) is 7.38. The van der Waals surface area contributed by atoms with E-state index < -0.39 is 0 Å². The summed E-state index contributed by atoms with van der Waals surface area (Å²) in [5, 5.41) is 8.37. The summed E-state index contributed by atoms with van der Waals surface area (Å²) < 4.78 is 3.90. The number of anilines is 1. The molecule has 0 fully saturated rings. The highest BCUT2D eigenvalue weighted by atomic mass is 32.2. The first-order valence-electron chi connectivity index (χ1n) is 13.7. The Hall–Kier alpha value is -4.66. The average Bonchev–Trinajstić information content (AvgIpc) is 3.60. The highest BCUT2D eigenvalue weighted by Crippen LogP contribution is 2.34. The fourth-order valence-corrected chi connectivity index (χ4v) is 7.30. The first-order valence-corrected chi connectivity index (χ1v) is 15.6. The van der Waals surface area contributed by atoms with Gasteiger partial charge in [-0.15, -0.1) is 11.3 Å². The van der Waals surface area contributed by atoms with E-state index in [4.69, 9.17) is 4.98 Å². The fraction of sp³-hybridized carbons (Fsp3) is 0.0882. The molecule has 0 saturated carbocycles. The van der Waals surface area contributed by atoms with Crippen LogP contribution in [-0.4, -0.2) is 25.8 Å². The molecule has 1 N–H and O–H groups in total. The third kappa shape index (κ3) is 4.58. The number of nitrogens with one attached hydrogen (secondary N) is 1. The van der Waals surface area contributed by atoms with Gasteiger partial charge in [0.2, 0.25) is 5.91 Å². The lowest BCUT2D eigenvalue weighted by molar-refractivity contribution is -0.113. The number of hydrogen-bond acceptors (Lipinski definition) is 5. The summed E-state index contributed by atoms with van der Waals surface area (Å²) in [7, 11) is 0. The van der Waals surface area contributed by atoms with Crippen molar-refractivity contribution in [3.63, 3.8) is 0 Å². The molecule has 7 aromatic rings. The van der Waals surface area contributed by atoms with Crippen molar-refractivity contribution in [2.75, 3.05) is 11.1 Å². The molecular formula is C34H26N4O2S2. The smallest absolute Gasteiger partial charge is 0.268 e. The van der Waals surface area contributed by atoms with Gasteiger partial charge in [0, 0.05) is 45.0 Å². The van der Waals surface area contributed by atoms with E-state index in [9.17, 15) is 9.59 Å². The molecule has 0 aliphatic heterocycles. The Morgan fingerprint density at radius 3 is 2.38 bits per heavy atom. The van der Waals surface area contributed by atoms with Gasteiger partial charge in [-0.1, -0.05) is 78.5 Å². The van der Waals surface area contributed by atoms with Crippen LogP contribution in [0.4, 0.5) is 5.69 Å². The van der Waals surface area contributed by atoms with Crippen LogP contribution in [0.3, 0.4) is 0 Å². The minimum Gasteiger partial charge on any atom is -0.341 e. The summed E-state index contributed by atoms with van der Waals surface area (Å²) in [5.74, 6) is -0.0557. The van der Waals surface area contributed by atoms with E-state index in [0.29, 0.717) is 21.1 Å². The van der Waals surface area contributed by atoms with Crippen LogP contribution in [0, 0.1) is 0 Å². The van der Waals surface area contributed by atoms with E-state index in [2.05, 4.69) is 35.0 Å². The number of hydrogen-bond donors (Lipinski definition) is 1. The van der Waals surface area contributed by atoms with Gasteiger partial charge in [-0.3, -0.25) is 14.2 Å². The molecule has 4 aromatic carbocycles. The summed E-state index contributed by atoms with van der Waals surface area (Å²) in [6.45, 7) is 3.00. The number of carbonyl (C=O) groups is 1. The second kappa shape index (κ2) is 11.0. The molecule has 0 bridgehead atoms. The largest absolute Gasteiger partial charge is 0.341 e. The lowest BCUT2D eigenvalue weighted by Crippen LogP contribution is -2.22. The van der Waals surface area contributed by atoms with Crippen LogP contribution in [-0.2, 0) is 11.3 Å². The van der Waals surface area contributed by atoms with E-state index in [1.165, 1.54) is 28.6 Å². The van der Waals surface area contributed by atoms with Gasteiger partial charge in [0.05, 0.1) is 16.8 Å². The quantitative estimate of drug-likeness (QED) is 0.152. The molecule has 0 aliphatic carbocycles. The van der Waals surface area contributed by atoms with E-state index in [-0.39, 0.29) is 17.2 Å². The van der Waals surface area contributed by atoms with Crippen LogP contribution in [0.1, 0.15) is 6.92 Å². The predicted molar refractivity (Wildman–Crippen MR) is 175 cm³/mol. The van der Waals surface area contributed by atoms with Gasteiger partial charge >= 0.3 is 0 Å². The molecular weight excluding hydrogens is 561 g/mol. The summed E-state index contributed by atoms with van der Waals surface area (Å²) in [6, 6.07) is 33.7. The van der Waals surface area contributed by atoms with Crippen molar-refractivity contribution < 1.29 is 4.79 Å². The number of amides is 1. The zero-order valence-electron chi connectivity index (χ0n) is 22.8. The van der Waals surface area contributed by atoms with Crippen molar-refractivity contribution in [2.45, 2.75) is 18.6 Å². The maximum atomic E-state index is 14.0. The van der Waals surface area contributed by atoms with Gasteiger partial charge in [-0.05, 0) is 48.9 Å². The number of rotatable bonds is 7. The SMILES string of the molecule is CCn1c2ccccc2c2cc(NC(=O)CSc3nc4scc(-c5ccccc5)c4c(=O)n3-c3ccccc3)ccc21. The number of para-hydroxylation sites is 2. The molecule has 3 aromatic heterocycles. The van der Waals surface area contributed by atoms with Crippen LogP contribution in [0.15, 0.2) is 118 Å². The molecule has 3 heterocycles. The van der Waals surface area contributed by atoms with Gasteiger partial charge in [-0.25, -0.2) is 4.98 Å². The average molecular weight is 587 g/mol. The molecule has 0 atom stereocenters. The highest BCUT2D eigenvalue weighted by molar-refractivity contribution is 7.99. The van der Waals surface area contributed by atoms with Crippen LogP contribution in [0.25, 0.3) is 48.8 Å². The minimum absolute atomic E-state index is 0.108. The second-order valence-corrected chi connectivity index (χ2v) is 11.7. The molecule has 0 spiro atoms. The van der Waals surface area contributed by atoms with Crippen molar-refractivity contribution >= 4 is 66.7 Å². The van der Waals surface area contributed by atoms with Crippen LogP contribution >= 0.6 is 23.1 Å². The van der Waals surface area contributed by atoms with Crippen molar-refractivity contribution in [3.8, 4) is 16.8 Å². The van der Waals surface area contributed by atoms with E-state index in [0.717, 1.165) is 39.6 Å². The molecule has 0 aliphatic rings. The van der Waals surface area contributed by atoms with Crippen LogP contribution < -0.4 is 10.9 Å². The first-order chi connectivity index (χ1) is 20.6. The Morgan fingerprint density at radius 1 is 0.881 bits per heavy atom. The van der Waals surface area contributed by atoms with Crippen molar-refractivity contribution in [1.29, 1.82) is 0 Å². The second-order valence-electron chi connectivity index (χ2n) is 9.90. The Balaban J connectivity index is 1.21. The first kappa shape index (κ1) is 26.3. The zero-order chi connectivity index (χ0) is 28.6. The van der Waals surface area contributed by atoms with Gasteiger partial charge < -0.3 is 9.88 Å². The molecule has 0 radical (unpaired) electrons. The Kier molecular flexibility index (Phi) is 6.85. The summed E-state index contributed by atoms with van der Waals surface area (Å²) in [4.78, 5) is 32.7. The number of thiophene rings is 1. The molecule has 42 heavy (non-hydrogen) atoms. The monoisotopic (exact) mass is 586 g/mol. The summed E-state index contributed by atoms with van der Waals surface area (Å²) >= 11 is 2.70. The highest BCUT2D eigenvalue weighted by Gasteiger charge is 2.19. The zero-order valence-corrected chi connectivity index (χ0v) is 24.4. The molecule has 0 unspecified atom stereocenters. The maximum Gasteiger partial charge on any atom is 0.268 e. The van der Waals surface area contributed by atoms with Gasteiger partial charge in [0.25, 0.3) is 5.56 Å². The topological polar surface area (TPSA) is 68.9 Å². The summed E-state index contributed by atoms with van der Waals surface area (Å²) in [5.41, 5.74) is 5.46. The van der Waals surface area contributed by atoms with E-state index >= 15 is 0 Å². The lowest BCUT2D eigenvalue weighted by atomic mass is 10.1. The number of benzene rings is 4. The molecule has 206 valence electrons. The standard InChI is InChI=1S/C34H26N4O2S2/c1-2-37-28-16-10-9-15-25(28)26-19-23(17-18-29(26)37)35-30(39)21-42-34-36-32-31(27(20-41-32)22-11-5-3-6-12-22)33(40)38(34)24-13-7-4-8-14-24/h3-20H,2,21H2,1H3,(H,35,39). The number of aryl methyl sites for hydroxylation is 1. The molecule has 1 amide bonds. The number of aromatic nitrogens is 3. The Labute approximate surface area is 250 Å². The Morgan fingerprint density at radius 2 is 1.60 bits per heavy atom. The van der Waals surface area contributed by atoms with Crippen LogP contribution in [0.5, 0.6) is 0 Å². The van der Waals surface area contributed by atoms with Gasteiger partial charge in [0.1, 0.15) is 4.83 Å². The third-order valence-corrected chi connectivity index (χ3v) is 9.19. The van der Waals surface area contributed by atoms with Crippen LogP contribution in [0.2, 0.25) is 0 Å². The molecule has 0 saturated heterocycles. The van der Waals surface area contributed by atoms with Gasteiger partial charge in [0.15, 0.2) is 5.16 Å². The van der Waals surface area contributed by atoms with Crippen molar-refractivity contribution in [3.05, 3.63) is 119 Å². The van der Waals surface area contributed by atoms with Crippen molar-refractivity contribution in [1.82, 2.24) is 14.1 Å². The number of nitrogens with zero attached hydrogens (tertiary/aromatic N) is 3. The minimum atomic E-state index is -0.163. The molecule has 6 nitrogen and oxygen atoms in total. The van der Waals surface area contributed by atoms with Gasteiger partial charge in [-0.2, -0.15) is 0 Å². The molecule has 7 rings (SSSR count). The van der Waals surface area contributed by atoms with Crippen molar-refractivity contribution in [2.24, 2.45) is 0 Å². The predicted octanol–water partition coefficient (Wildman–Crippen LogP) is 7.97. The number of carbonyl (C=O) groups excluding carboxylic acids is 1. The maximum absolute atomic E-state index is 14.0. The normalized spacial score (nSPS) is 11.5. The molecule has 8 heteroatoms. The Bertz CT molecular complexity index is 2150. The number of fused-ring (bicyclic) bond motifs is 4.